The van der Waals surface area contributed by atoms with Crippen molar-refractivity contribution in [2.45, 2.75) is 40.3 Å². The topological polar surface area (TPSA) is 63.4 Å². The zero-order chi connectivity index (χ0) is 18.9. The number of nitrogens with one attached hydrogen (secondary N) is 1. The van der Waals surface area contributed by atoms with Crippen LogP contribution < -0.4 is 15.8 Å². The Labute approximate surface area is 160 Å². The minimum absolute atomic E-state index is 0.0880. The normalized spacial score (nSPS) is 17.0. The number of thiocarbonyl (C=S) groups is 1. The van der Waals surface area contributed by atoms with Crippen LogP contribution >= 0.6 is 12.2 Å². The highest BCUT2D eigenvalue weighted by Gasteiger charge is 2.39. The standard InChI is InChI=1S/C20H26N4OS/c1-5-24-12-13-8-6-10-15(16(13)17(24)20(2,3)4)25-18-14(23-19(21)26)9-7-11-22-18/h6-11,17H,5,12H2,1-4H3,(H3,21,23,26). The van der Waals surface area contributed by atoms with Crippen LogP contribution in [0.2, 0.25) is 0 Å². The number of ether oxygens (including phenoxy) is 1. The molecule has 1 aromatic carbocycles. The Hall–Kier alpha value is -2.18. The van der Waals surface area contributed by atoms with Gasteiger partial charge in [-0.3, -0.25) is 4.90 Å². The Morgan fingerprint density at radius 1 is 1.35 bits per heavy atom. The summed E-state index contributed by atoms with van der Waals surface area (Å²) in [5.41, 5.74) is 8.93. The molecule has 2 heterocycles. The van der Waals surface area contributed by atoms with Crippen molar-refractivity contribution in [2.75, 3.05) is 11.9 Å². The third-order valence-electron chi connectivity index (χ3n) is 4.63. The van der Waals surface area contributed by atoms with Gasteiger partial charge in [-0.05, 0) is 47.9 Å². The molecule has 138 valence electrons. The Bertz CT molecular complexity index is 816. The van der Waals surface area contributed by atoms with Gasteiger partial charge in [0.1, 0.15) is 11.4 Å². The van der Waals surface area contributed by atoms with Gasteiger partial charge in [0.05, 0.1) is 0 Å². The molecule has 3 N–H and O–H groups in total. The lowest BCUT2D eigenvalue weighted by atomic mass is 9.82. The summed E-state index contributed by atoms with van der Waals surface area (Å²) in [6.45, 7) is 10.9. The van der Waals surface area contributed by atoms with Crippen LogP contribution in [0.3, 0.4) is 0 Å². The maximum absolute atomic E-state index is 6.26. The summed E-state index contributed by atoms with van der Waals surface area (Å²) in [5, 5.41) is 3.12. The van der Waals surface area contributed by atoms with Crippen molar-refractivity contribution >= 4 is 23.0 Å². The number of rotatable bonds is 4. The van der Waals surface area contributed by atoms with Gasteiger partial charge in [-0.2, -0.15) is 0 Å². The van der Waals surface area contributed by atoms with Crippen LogP contribution in [-0.4, -0.2) is 21.5 Å². The van der Waals surface area contributed by atoms with E-state index in [-0.39, 0.29) is 16.6 Å². The monoisotopic (exact) mass is 370 g/mol. The van der Waals surface area contributed by atoms with E-state index in [0.717, 1.165) is 18.8 Å². The van der Waals surface area contributed by atoms with E-state index in [9.17, 15) is 0 Å². The largest absolute Gasteiger partial charge is 0.437 e. The number of hydrogen-bond donors (Lipinski definition) is 2. The Kier molecular flexibility index (Phi) is 5.16. The fourth-order valence-corrected chi connectivity index (χ4v) is 3.81. The second-order valence-corrected chi connectivity index (χ2v) is 8.05. The summed E-state index contributed by atoms with van der Waals surface area (Å²) in [6, 6.07) is 10.2. The number of fused-ring (bicyclic) bond motifs is 1. The molecule has 1 aliphatic heterocycles. The molecule has 0 bridgehead atoms. The highest BCUT2D eigenvalue weighted by Crippen LogP contribution is 2.49. The molecule has 1 aliphatic rings. The van der Waals surface area contributed by atoms with Crippen molar-refractivity contribution in [1.29, 1.82) is 0 Å². The first-order valence-corrected chi connectivity index (χ1v) is 9.27. The average Bonchev–Trinajstić information content (AvgIpc) is 2.96. The van der Waals surface area contributed by atoms with Crippen molar-refractivity contribution in [1.82, 2.24) is 9.88 Å². The molecular weight excluding hydrogens is 344 g/mol. The maximum Gasteiger partial charge on any atom is 0.243 e. The minimum Gasteiger partial charge on any atom is -0.437 e. The Morgan fingerprint density at radius 2 is 2.12 bits per heavy atom. The van der Waals surface area contributed by atoms with Crippen LogP contribution in [-0.2, 0) is 6.54 Å². The summed E-state index contributed by atoms with van der Waals surface area (Å²) >= 11 is 4.96. The second-order valence-electron chi connectivity index (χ2n) is 7.61. The molecule has 0 fully saturated rings. The van der Waals surface area contributed by atoms with E-state index in [1.54, 1.807) is 6.20 Å². The van der Waals surface area contributed by atoms with Gasteiger partial charge in [0, 0.05) is 24.3 Å². The number of aromatic nitrogens is 1. The number of anilines is 1. The minimum atomic E-state index is 0.0880. The molecule has 1 aromatic heterocycles. The summed E-state index contributed by atoms with van der Waals surface area (Å²) in [6.07, 6.45) is 1.70. The number of hydrogen-bond acceptors (Lipinski definition) is 4. The van der Waals surface area contributed by atoms with Crippen molar-refractivity contribution in [3.63, 3.8) is 0 Å². The van der Waals surface area contributed by atoms with Crippen LogP contribution in [0.1, 0.15) is 44.9 Å². The smallest absolute Gasteiger partial charge is 0.243 e. The number of pyridine rings is 1. The molecule has 0 amide bonds. The summed E-state index contributed by atoms with van der Waals surface area (Å²) in [4.78, 5) is 6.86. The van der Waals surface area contributed by atoms with E-state index >= 15 is 0 Å². The van der Waals surface area contributed by atoms with Crippen molar-refractivity contribution in [3.8, 4) is 11.6 Å². The molecular formula is C20H26N4OS. The van der Waals surface area contributed by atoms with Crippen LogP contribution in [0, 0.1) is 5.41 Å². The van der Waals surface area contributed by atoms with Gasteiger partial charge in [-0.15, -0.1) is 0 Å². The molecule has 26 heavy (non-hydrogen) atoms. The molecule has 0 saturated heterocycles. The quantitative estimate of drug-likeness (QED) is 0.775. The Balaban J connectivity index is 2.03. The fraction of sp³-hybridized carbons (Fsp3) is 0.400. The zero-order valence-electron chi connectivity index (χ0n) is 15.7. The average molecular weight is 371 g/mol. The van der Waals surface area contributed by atoms with Gasteiger partial charge in [0.15, 0.2) is 5.11 Å². The molecule has 2 aromatic rings. The molecule has 3 rings (SSSR count). The van der Waals surface area contributed by atoms with Crippen LogP contribution in [0.5, 0.6) is 11.6 Å². The second kappa shape index (κ2) is 7.21. The Morgan fingerprint density at radius 3 is 2.77 bits per heavy atom. The van der Waals surface area contributed by atoms with Gasteiger partial charge in [-0.1, -0.05) is 39.8 Å². The molecule has 0 saturated carbocycles. The number of benzene rings is 1. The third kappa shape index (κ3) is 3.66. The predicted octanol–water partition coefficient (Wildman–Crippen LogP) is 4.45. The lowest BCUT2D eigenvalue weighted by Gasteiger charge is -2.35. The van der Waals surface area contributed by atoms with Gasteiger partial charge in [-0.25, -0.2) is 4.98 Å². The van der Waals surface area contributed by atoms with Gasteiger partial charge >= 0.3 is 0 Å². The molecule has 1 atom stereocenters. The summed E-state index contributed by atoms with van der Waals surface area (Å²) in [7, 11) is 0. The van der Waals surface area contributed by atoms with Gasteiger partial charge < -0.3 is 15.8 Å². The van der Waals surface area contributed by atoms with Crippen LogP contribution in [0.15, 0.2) is 36.5 Å². The van der Waals surface area contributed by atoms with Gasteiger partial charge in [0.2, 0.25) is 5.88 Å². The molecule has 6 heteroatoms. The van der Waals surface area contributed by atoms with Crippen molar-refractivity contribution in [3.05, 3.63) is 47.7 Å². The van der Waals surface area contributed by atoms with Crippen LogP contribution in [0.4, 0.5) is 5.69 Å². The fourth-order valence-electron chi connectivity index (χ4n) is 3.70. The van der Waals surface area contributed by atoms with E-state index in [4.69, 9.17) is 22.7 Å². The third-order valence-corrected chi connectivity index (χ3v) is 4.73. The molecule has 5 nitrogen and oxygen atoms in total. The van der Waals surface area contributed by atoms with Crippen LogP contribution in [0.25, 0.3) is 0 Å². The van der Waals surface area contributed by atoms with Gasteiger partial charge in [0.25, 0.3) is 0 Å². The predicted molar refractivity (Wildman–Crippen MR) is 109 cm³/mol. The van der Waals surface area contributed by atoms with Crippen molar-refractivity contribution in [2.24, 2.45) is 11.1 Å². The molecule has 0 aliphatic carbocycles. The molecule has 0 radical (unpaired) electrons. The number of nitrogens with two attached hydrogens (primary N) is 1. The first kappa shape index (κ1) is 18.6. The van der Waals surface area contributed by atoms with Crippen molar-refractivity contribution < 1.29 is 4.74 Å². The lowest BCUT2D eigenvalue weighted by molar-refractivity contribution is 0.117. The molecule has 0 spiro atoms. The highest BCUT2D eigenvalue weighted by atomic mass is 32.1. The SMILES string of the molecule is CCN1Cc2cccc(Oc3ncccc3NC(N)=S)c2C1C(C)(C)C. The highest BCUT2D eigenvalue weighted by molar-refractivity contribution is 7.80. The van der Waals surface area contributed by atoms with E-state index in [1.807, 2.05) is 24.3 Å². The summed E-state index contributed by atoms with van der Waals surface area (Å²) in [5.74, 6) is 1.30. The molecule has 1 unspecified atom stereocenters. The lowest BCUT2D eigenvalue weighted by Crippen LogP contribution is -2.31. The van der Waals surface area contributed by atoms with E-state index in [2.05, 4.69) is 49.0 Å². The zero-order valence-corrected chi connectivity index (χ0v) is 16.6. The van der Waals surface area contributed by atoms with E-state index < -0.39 is 0 Å². The summed E-state index contributed by atoms with van der Waals surface area (Å²) < 4.78 is 6.26. The van der Waals surface area contributed by atoms with E-state index in [0.29, 0.717) is 11.6 Å². The maximum atomic E-state index is 6.26. The first-order chi connectivity index (χ1) is 12.3. The van der Waals surface area contributed by atoms with E-state index in [1.165, 1.54) is 11.1 Å². The first-order valence-electron chi connectivity index (χ1n) is 8.86. The number of nitrogens with zero attached hydrogens (tertiary/aromatic N) is 2.